The van der Waals surface area contributed by atoms with Crippen molar-refractivity contribution >= 4 is 5.78 Å². The van der Waals surface area contributed by atoms with Crippen LogP contribution in [0.25, 0.3) is 0 Å². The average Bonchev–Trinajstić information content (AvgIpc) is 2.15. The summed E-state index contributed by atoms with van der Waals surface area (Å²) in [6.45, 7) is 5.48. The number of rotatable bonds is 1. The van der Waals surface area contributed by atoms with Gasteiger partial charge in [0.15, 0.2) is 5.78 Å². The Morgan fingerprint density at radius 3 is 2.44 bits per heavy atom. The fraction of sp³-hybridized carbons (Fsp3) is 0.375. The third-order valence-electron chi connectivity index (χ3n) is 1.77. The minimum absolute atomic E-state index is 0.282. The quantitative estimate of drug-likeness (QED) is 0.518. The van der Waals surface area contributed by atoms with Crippen LogP contribution in [0.5, 0.6) is 0 Å². The second-order valence-electron chi connectivity index (χ2n) is 2.28. The van der Waals surface area contributed by atoms with Crippen molar-refractivity contribution in [1.82, 2.24) is 0 Å². The van der Waals surface area contributed by atoms with Gasteiger partial charge in [-0.1, -0.05) is 12.7 Å². The molecule has 1 aliphatic carbocycles. The summed E-state index contributed by atoms with van der Waals surface area (Å²) in [7, 11) is 0. The molecule has 0 atom stereocenters. The monoisotopic (exact) mass is 122 g/mol. The molecule has 0 saturated carbocycles. The Balaban J connectivity index is 2.92. The summed E-state index contributed by atoms with van der Waals surface area (Å²) in [5, 5.41) is 0. The van der Waals surface area contributed by atoms with Crippen LogP contribution in [0.15, 0.2) is 23.8 Å². The minimum Gasteiger partial charge on any atom is -0.295 e. The van der Waals surface area contributed by atoms with Crippen LogP contribution in [-0.2, 0) is 4.79 Å². The molecule has 0 fully saturated rings. The molecule has 0 aromatic rings. The van der Waals surface area contributed by atoms with Crippen molar-refractivity contribution in [3.8, 4) is 0 Å². The highest BCUT2D eigenvalue weighted by atomic mass is 16.1. The predicted molar refractivity (Wildman–Crippen MR) is 37.1 cm³/mol. The molecule has 0 bridgehead atoms. The van der Waals surface area contributed by atoms with Gasteiger partial charge < -0.3 is 0 Å². The molecule has 1 heteroatoms. The third-order valence-corrected chi connectivity index (χ3v) is 1.77. The van der Waals surface area contributed by atoms with Crippen LogP contribution in [-0.4, -0.2) is 5.78 Å². The Hall–Kier alpha value is -0.850. The average molecular weight is 122 g/mol. The summed E-state index contributed by atoms with van der Waals surface area (Å²) in [5.41, 5.74) is 2.03. The molecule has 0 aromatic heterocycles. The Morgan fingerprint density at radius 1 is 1.56 bits per heavy atom. The van der Waals surface area contributed by atoms with Crippen LogP contribution in [0.3, 0.4) is 0 Å². The normalized spacial score (nSPS) is 19.0. The number of ketones is 1. The summed E-state index contributed by atoms with van der Waals surface area (Å²) in [4.78, 5) is 10.8. The standard InChI is InChI=1S/C8H10O/c1-3-7-4-5-8(9)6(7)2/h3H,1,4-5H2,2H3. The van der Waals surface area contributed by atoms with Gasteiger partial charge in [0.2, 0.25) is 0 Å². The van der Waals surface area contributed by atoms with E-state index in [0.717, 1.165) is 17.6 Å². The van der Waals surface area contributed by atoms with Crippen LogP contribution < -0.4 is 0 Å². The molecule has 0 spiro atoms. The smallest absolute Gasteiger partial charge is 0.159 e. The van der Waals surface area contributed by atoms with Gasteiger partial charge in [-0.05, 0) is 24.5 Å². The number of hydrogen-bond donors (Lipinski definition) is 0. The van der Waals surface area contributed by atoms with Crippen LogP contribution >= 0.6 is 0 Å². The second kappa shape index (κ2) is 2.18. The van der Waals surface area contributed by atoms with E-state index in [2.05, 4.69) is 6.58 Å². The largest absolute Gasteiger partial charge is 0.295 e. The Morgan fingerprint density at radius 2 is 2.22 bits per heavy atom. The predicted octanol–water partition coefficient (Wildman–Crippen LogP) is 1.85. The van der Waals surface area contributed by atoms with E-state index in [1.807, 2.05) is 6.92 Å². The summed E-state index contributed by atoms with van der Waals surface area (Å²) in [6.07, 6.45) is 3.36. The second-order valence-corrected chi connectivity index (χ2v) is 2.28. The first-order valence-electron chi connectivity index (χ1n) is 3.11. The van der Waals surface area contributed by atoms with E-state index in [0.29, 0.717) is 6.42 Å². The Labute approximate surface area is 55.1 Å². The Kier molecular flexibility index (Phi) is 1.52. The SMILES string of the molecule is C=CC1=C(C)C(=O)CC1. The van der Waals surface area contributed by atoms with Crippen LogP contribution in [0.1, 0.15) is 19.8 Å². The van der Waals surface area contributed by atoms with Crippen molar-refractivity contribution < 1.29 is 4.79 Å². The zero-order valence-corrected chi connectivity index (χ0v) is 5.61. The first kappa shape index (κ1) is 6.27. The van der Waals surface area contributed by atoms with Gasteiger partial charge in [0.25, 0.3) is 0 Å². The highest BCUT2D eigenvalue weighted by Gasteiger charge is 2.15. The van der Waals surface area contributed by atoms with Crippen molar-refractivity contribution in [3.05, 3.63) is 23.8 Å². The van der Waals surface area contributed by atoms with Crippen molar-refractivity contribution in [2.24, 2.45) is 0 Å². The molecule has 0 aromatic carbocycles. The van der Waals surface area contributed by atoms with E-state index >= 15 is 0 Å². The van der Waals surface area contributed by atoms with Gasteiger partial charge in [0.05, 0.1) is 0 Å². The van der Waals surface area contributed by atoms with E-state index < -0.39 is 0 Å². The lowest BCUT2D eigenvalue weighted by Crippen LogP contribution is -1.89. The van der Waals surface area contributed by atoms with E-state index in [1.165, 1.54) is 0 Å². The molecule has 1 nitrogen and oxygen atoms in total. The van der Waals surface area contributed by atoms with Gasteiger partial charge in [0, 0.05) is 6.42 Å². The molecule has 0 aliphatic heterocycles. The van der Waals surface area contributed by atoms with Crippen molar-refractivity contribution in [3.63, 3.8) is 0 Å². The van der Waals surface area contributed by atoms with Gasteiger partial charge in [-0.15, -0.1) is 0 Å². The van der Waals surface area contributed by atoms with E-state index in [1.54, 1.807) is 6.08 Å². The van der Waals surface area contributed by atoms with E-state index in [-0.39, 0.29) is 5.78 Å². The van der Waals surface area contributed by atoms with Gasteiger partial charge in [-0.3, -0.25) is 4.79 Å². The summed E-state index contributed by atoms with van der Waals surface area (Å²) >= 11 is 0. The molecule has 9 heavy (non-hydrogen) atoms. The first-order chi connectivity index (χ1) is 4.25. The van der Waals surface area contributed by atoms with Crippen molar-refractivity contribution in [2.45, 2.75) is 19.8 Å². The molecular weight excluding hydrogens is 112 g/mol. The first-order valence-corrected chi connectivity index (χ1v) is 3.11. The molecular formula is C8H10O. The van der Waals surface area contributed by atoms with E-state index in [9.17, 15) is 4.79 Å². The maximum atomic E-state index is 10.8. The lowest BCUT2D eigenvalue weighted by Gasteiger charge is -1.88. The van der Waals surface area contributed by atoms with Gasteiger partial charge in [-0.2, -0.15) is 0 Å². The van der Waals surface area contributed by atoms with Gasteiger partial charge in [0.1, 0.15) is 0 Å². The van der Waals surface area contributed by atoms with Crippen LogP contribution in [0.2, 0.25) is 0 Å². The molecule has 1 aliphatic rings. The zero-order chi connectivity index (χ0) is 6.85. The van der Waals surface area contributed by atoms with Gasteiger partial charge in [-0.25, -0.2) is 0 Å². The fourth-order valence-electron chi connectivity index (χ4n) is 1.06. The minimum atomic E-state index is 0.282. The molecule has 0 N–H and O–H groups in total. The van der Waals surface area contributed by atoms with Crippen LogP contribution in [0, 0.1) is 0 Å². The highest BCUT2D eigenvalue weighted by molar-refractivity contribution is 5.98. The number of Topliss-reactive ketones (excluding diaryl/α,β-unsaturated/α-hetero) is 1. The maximum Gasteiger partial charge on any atom is 0.159 e. The number of hydrogen-bond acceptors (Lipinski definition) is 1. The number of carbonyl (C=O) groups excluding carboxylic acids is 1. The van der Waals surface area contributed by atoms with Crippen molar-refractivity contribution in [2.75, 3.05) is 0 Å². The number of allylic oxidation sites excluding steroid dienone is 3. The molecule has 0 saturated heterocycles. The fourth-order valence-corrected chi connectivity index (χ4v) is 1.06. The molecule has 0 amide bonds. The maximum absolute atomic E-state index is 10.8. The molecule has 48 valence electrons. The molecule has 0 radical (unpaired) electrons. The third kappa shape index (κ3) is 0.947. The topological polar surface area (TPSA) is 17.1 Å². The Bertz CT molecular complexity index is 187. The molecule has 0 heterocycles. The van der Waals surface area contributed by atoms with E-state index in [4.69, 9.17) is 0 Å². The zero-order valence-electron chi connectivity index (χ0n) is 5.61. The molecule has 1 rings (SSSR count). The summed E-state index contributed by atoms with van der Waals surface area (Å²) in [6, 6.07) is 0. The summed E-state index contributed by atoms with van der Waals surface area (Å²) in [5.74, 6) is 0.282. The van der Waals surface area contributed by atoms with Crippen LogP contribution in [0.4, 0.5) is 0 Å². The number of carbonyl (C=O) groups is 1. The molecule has 0 unspecified atom stereocenters. The van der Waals surface area contributed by atoms with Crippen molar-refractivity contribution in [1.29, 1.82) is 0 Å². The lowest BCUT2D eigenvalue weighted by molar-refractivity contribution is -0.114. The van der Waals surface area contributed by atoms with Gasteiger partial charge >= 0.3 is 0 Å². The summed E-state index contributed by atoms with van der Waals surface area (Å²) < 4.78 is 0. The highest BCUT2D eigenvalue weighted by Crippen LogP contribution is 2.22. The lowest BCUT2D eigenvalue weighted by atomic mass is 10.2.